The number of nitrogens with one attached hydrogen (secondary N) is 2. The Morgan fingerprint density at radius 2 is 1.92 bits per heavy atom. The van der Waals surface area contributed by atoms with Gasteiger partial charge in [0.1, 0.15) is 17.9 Å². The summed E-state index contributed by atoms with van der Waals surface area (Å²) in [5.41, 5.74) is -1.99. The predicted octanol–water partition coefficient (Wildman–Crippen LogP) is 1.56. The summed E-state index contributed by atoms with van der Waals surface area (Å²) in [5.74, 6) is -4.68. The average Bonchev–Trinajstić information content (AvgIpc) is 3.01. The number of hydrogen-bond donors (Lipinski definition) is 3. The molecule has 0 radical (unpaired) electrons. The fraction of sp³-hybridized carbons (Fsp3) is 0.476. The van der Waals surface area contributed by atoms with Crippen LogP contribution in [-0.2, 0) is 23.4 Å². The minimum atomic E-state index is -4.43. The maximum atomic E-state index is 14.8. The van der Waals surface area contributed by atoms with E-state index < -0.39 is 68.1 Å². The second-order valence-electron chi connectivity index (χ2n) is 8.20. The summed E-state index contributed by atoms with van der Waals surface area (Å²) in [6, 6.07) is 7.36. The first-order chi connectivity index (χ1) is 16.8. The predicted molar refractivity (Wildman–Crippen MR) is 121 cm³/mol. The van der Waals surface area contributed by atoms with Crippen LogP contribution in [0.25, 0.3) is 0 Å². The molecule has 1 saturated heterocycles. The van der Waals surface area contributed by atoms with Gasteiger partial charge < -0.3 is 19.1 Å². The highest BCUT2D eigenvalue weighted by atomic mass is 31.2. The van der Waals surface area contributed by atoms with Gasteiger partial charge >= 0.3 is 25.3 Å². The quantitative estimate of drug-likeness (QED) is 0.302. The fourth-order valence-electron chi connectivity index (χ4n) is 3.22. The molecule has 2 heterocycles. The van der Waals surface area contributed by atoms with Gasteiger partial charge in [-0.3, -0.25) is 23.7 Å². The summed E-state index contributed by atoms with van der Waals surface area (Å²) < 4.78 is 64.3. The normalized spacial score (nSPS) is 23.7. The van der Waals surface area contributed by atoms with E-state index in [0.717, 1.165) is 12.3 Å². The first-order valence-corrected chi connectivity index (χ1v) is 12.4. The van der Waals surface area contributed by atoms with Crippen molar-refractivity contribution in [3.05, 3.63) is 63.4 Å². The molecule has 0 spiro atoms. The van der Waals surface area contributed by atoms with Crippen molar-refractivity contribution in [3.8, 4) is 5.75 Å². The molecule has 198 valence electrons. The van der Waals surface area contributed by atoms with E-state index in [1.165, 1.54) is 19.1 Å². The number of halogens is 2. The molecule has 3 rings (SSSR count). The molecule has 3 N–H and O–H groups in total. The van der Waals surface area contributed by atoms with E-state index in [1.54, 1.807) is 32.0 Å². The molecular weight excluding hydrogens is 507 g/mol. The van der Waals surface area contributed by atoms with Gasteiger partial charge in [-0.05, 0) is 32.9 Å². The van der Waals surface area contributed by atoms with Crippen molar-refractivity contribution in [2.24, 2.45) is 0 Å². The minimum Gasteiger partial charge on any atom is -0.462 e. The monoisotopic (exact) mass is 533 g/mol. The van der Waals surface area contributed by atoms with Crippen molar-refractivity contribution in [1.29, 1.82) is 0 Å². The molecule has 0 bridgehead atoms. The summed E-state index contributed by atoms with van der Waals surface area (Å²) in [7, 11) is -4.43. The van der Waals surface area contributed by atoms with Gasteiger partial charge in [0.25, 0.3) is 5.56 Å². The van der Waals surface area contributed by atoms with E-state index in [9.17, 15) is 32.8 Å². The highest BCUT2D eigenvalue weighted by Gasteiger charge is 2.60. The number of aliphatic hydroxyl groups excluding tert-OH is 1. The zero-order valence-electron chi connectivity index (χ0n) is 19.5. The van der Waals surface area contributed by atoms with Gasteiger partial charge in [-0.2, -0.15) is 13.9 Å². The van der Waals surface area contributed by atoms with E-state index in [4.69, 9.17) is 18.5 Å². The molecule has 1 aromatic carbocycles. The number of aliphatic hydroxyl groups is 1. The summed E-state index contributed by atoms with van der Waals surface area (Å²) in [4.78, 5) is 37.2. The van der Waals surface area contributed by atoms with Crippen molar-refractivity contribution >= 4 is 13.7 Å². The molecular formula is C21H26F2N3O9P. The SMILES string of the molecule is CC(C)OC(=O)[C@@H](C)NP(=O)(OC[C@H]1O[C@@H](n2ccc(=O)[nH]c2=O)C(F)(F)[C@@H]1O)Oc1ccccc1. The van der Waals surface area contributed by atoms with Crippen LogP contribution >= 0.6 is 7.75 Å². The molecule has 1 aliphatic rings. The third-order valence-electron chi connectivity index (χ3n) is 4.92. The van der Waals surface area contributed by atoms with Crippen LogP contribution < -0.4 is 20.9 Å². The Hall–Kier alpha value is -2.90. The van der Waals surface area contributed by atoms with Gasteiger partial charge in [-0.15, -0.1) is 0 Å². The number of ether oxygens (including phenoxy) is 2. The summed E-state index contributed by atoms with van der Waals surface area (Å²) in [5, 5.41) is 12.6. The van der Waals surface area contributed by atoms with Crippen LogP contribution in [0.4, 0.5) is 8.78 Å². The highest BCUT2D eigenvalue weighted by molar-refractivity contribution is 7.52. The molecule has 0 aliphatic carbocycles. The van der Waals surface area contributed by atoms with Crippen LogP contribution in [0, 0.1) is 0 Å². The van der Waals surface area contributed by atoms with Crippen LogP contribution in [0.2, 0.25) is 0 Å². The van der Waals surface area contributed by atoms with Gasteiger partial charge in [-0.25, -0.2) is 9.36 Å². The number of H-pyrrole nitrogens is 1. The lowest BCUT2D eigenvalue weighted by Gasteiger charge is -2.25. The Morgan fingerprint density at radius 1 is 1.25 bits per heavy atom. The first-order valence-electron chi connectivity index (χ1n) is 10.8. The van der Waals surface area contributed by atoms with Crippen LogP contribution in [0.5, 0.6) is 5.75 Å². The zero-order chi connectivity index (χ0) is 26.7. The Bertz CT molecular complexity index is 1220. The molecule has 1 unspecified atom stereocenters. The number of carbonyl (C=O) groups is 1. The number of benzene rings is 1. The molecule has 2 aromatic rings. The van der Waals surface area contributed by atoms with Crippen molar-refractivity contribution in [1.82, 2.24) is 14.6 Å². The van der Waals surface area contributed by atoms with Crippen LogP contribution in [0.3, 0.4) is 0 Å². The van der Waals surface area contributed by atoms with Crippen molar-refractivity contribution in [2.75, 3.05) is 6.61 Å². The highest BCUT2D eigenvalue weighted by Crippen LogP contribution is 2.47. The van der Waals surface area contributed by atoms with Crippen molar-refractivity contribution < 1.29 is 41.8 Å². The number of hydrogen-bond acceptors (Lipinski definition) is 9. The summed E-state index contributed by atoms with van der Waals surface area (Å²) in [6.45, 7) is 3.69. The number of esters is 1. The number of para-hydroxylation sites is 1. The Kier molecular flexibility index (Phi) is 8.47. The third kappa shape index (κ3) is 6.45. The van der Waals surface area contributed by atoms with E-state index in [1.807, 2.05) is 4.98 Å². The molecule has 1 aliphatic heterocycles. The lowest BCUT2D eigenvalue weighted by Crippen LogP contribution is -2.43. The molecule has 1 aromatic heterocycles. The Balaban J connectivity index is 1.80. The second kappa shape index (κ2) is 11.0. The molecule has 1 fully saturated rings. The number of carbonyl (C=O) groups excluding carboxylic acids is 1. The number of aromatic amines is 1. The topological polar surface area (TPSA) is 158 Å². The van der Waals surface area contributed by atoms with Crippen molar-refractivity contribution in [3.63, 3.8) is 0 Å². The van der Waals surface area contributed by atoms with Gasteiger partial charge in [-0.1, -0.05) is 18.2 Å². The Labute approximate surface area is 203 Å². The van der Waals surface area contributed by atoms with Gasteiger partial charge in [0.15, 0.2) is 6.10 Å². The van der Waals surface area contributed by atoms with Crippen molar-refractivity contribution in [2.45, 2.75) is 57.3 Å². The van der Waals surface area contributed by atoms with Gasteiger partial charge in [0.2, 0.25) is 6.23 Å². The number of aromatic nitrogens is 2. The smallest absolute Gasteiger partial charge is 0.459 e. The maximum Gasteiger partial charge on any atom is 0.459 e. The lowest BCUT2D eigenvalue weighted by molar-refractivity contribution is -0.149. The molecule has 36 heavy (non-hydrogen) atoms. The summed E-state index contributed by atoms with van der Waals surface area (Å²) in [6.07, 6.45) is -6.20. The number of alkyl halides is 2. The minimum absolute atomic E-state index is 0.0775. The van der Waals surface area contributed by atoms with E-state index >= 15 is 0 Å². The first kappa shape index (κ1) is 27.7. The van der Waals surface area contributed by atoms with Gasteiger partial charge in [0.05, 0.1) is 12.7 Å². The second-order valence-corrected chi connectivity index (χ2v) is 9.89. The standard InChI is InChI=1S/C21H26F2N3O9P/c1-12(2)33-18(29)13(3)25-36(31,35-14-7-5-4-6-8-14)32-11-15-17(28)21(22,23)19(34-15)26-10-9-16(27)24-20(26)30/h4-10,12-13,15,17,19,28H,11H2,1-3H3,(H,25,31)(H,24,27,30)/t13-,15-,17-,19-,36?/m1/s1. The van der Waals surface area contributed by atoms with E-state index in [2.05, 4.69) is 5.09 Å². The molecule has 0 amide bonds. The van der Waals surface area contributed by atoms with Gasteiger partial charge in [0, 0.05) is 12.3 Å². The third-order valence-corrected chi connectivity index (χ3v) is 6.56. The van der Waals surface area contributed by atoms with Crippen LogP contribution in [0.1, 0.15) is 27.0 Å². The lowest BCUT2D eigenvalue weighted by atomic mass is 10.1. The summed E-state index contributed by atoms with van der Waals surface area (Å²) >= 11 is 0. The molecule has 12 nitrogen and oxygen atoms in total. The fourth-order valence-corrected chi connectivity index (χ4v) is 4.73. The number of rotatable bonds is 10. The largest absolute Gasteiger partial charge is 0.462 e. The molecule has 0 saturated carbocycles. The maximum absolute atomic E-state index is 14.8. The van der Waals surface area contributed by atoms with E-state index in [-0.39, 0.29) is 5.75 Å². The molecule has 15 heteroatoms. The average molecular weight is 533 g/mol. The molecule has 5 atom stereocenters. The zero-order valence-corrected chi connectivity index (χ0v) is 20.4. The van der Waals surface area contributed by atoms with Crippen LogP contribution in [-0.4, -0.2) is 57.5 Å². The Morgan fingerprint density at radius 3 is 2.53 bits per heavy atom. The van der Waals surface area contributed by atoms with Crippen LogP contribution in [0.15, 0.2) is 52.2 Å². The number of nitrogens with zero attached hydrogens (tertiary/aromatic N) is 1. The van der Waals surface area contributed by atoms with E-state index in [0.29, 0.717) is 4.57 Å².